The molecule has 1 fully saturated rings. The van der Waals surface area contributed by atoms with Gasteiger partial charge in [0.25, 0.3) is 0 Å². The topological polar surface area (TPSA) is 47.4 Å². The zero-order valence-corrected chi connectivity index (χ0v) is 16.1. The lowest BCUT2D eigenvalue weighted by molar-refractivity contribution is 0.0811. The van der Waals surface area contributed by atoms with Crippen LogP contribution in [0.25, 0.3) is 0 Å². The number of hydrogen-bond acceptors (Lipinski definition) is 4. The van der Waals surface area contributed by atoms with Crippen LogP contribution < -0.4 is 4.74 Å². The Morgan fingerprint density at radius 1 is 1.11 bits per heavy atom. The highest BCUT2D eigenvalue weighted by Gasteiger charge is 2.26. The minimum Gasteiger partial charge on any atom is -0.457 e. The number of Topliss-reactive ketones (excluding diaryl/α,β-unsaturated/α-hetero) is 1. The number of carbonyl (C=O) groups excluding carboxylic acids is 1. The number of aryl methyl sites for hydroxylation is 1. The van der Waals surface area contributed by atoms with Crippen LogP contribution in [0.2, 0.25) is 0 Å². The average Bonchev–Trinajstić information content (AvgIpc) is 3.13. The van der Waals surface area contributed by atoms with Crippen LogP contribution in [0, 0.1) is 5.92 Å². The Morgan fingerprint density at radius 2 is 1.86 bits per heavy atom. The number of piperidine rings is 1. The first-order valence-electron chi connectivity index (χ1n) is 9.74. The molecular weight excluding hydrogens is 350 g/mol. The monoisotopic (exact) mass is 375 g/mol. The van der Waals surface area contributed by atoms with Gasteiger partial charge < -0.3 is 4.74 Å². The number of benzene rings is 2. The fraction of sp³-hybridized carbons (Fsp3) is 0.304. The molecule has 1 aromatic heterocycles. The molecule has 28 heavy (non-hydrogen) atoms. The van der Waals surface area contributed by atoms with Crippen molar-refractivity contribution in [3.63, 3.8) is 0 Å². The van der Waals surface area contributed by atoms with E-state index in [2.05, 4.69) is 10.00 Å². The molecule has 0 unspecified atom stereocenters. The van der Waals surface area contributed by atoms with Crippen molar-refractivity contribution in [3.8, 4) is 11.5 Å². The van der Waals surface area contributed by atoms with E-state index >= 15 is 0 Å². The van der Waals surface area contributed by atoms with Gasteiger partial charge in [-0.25, -0.2) is 0 Å². The van der Waals surface area contributed by atoms with E-state index in [-0.39, 0.29) is 11.7 Å². The van der Waals surface area contributed by atoms with Crippen LogP contribution in [0.1, 0.15) is 28.8 Å². The number of rotatable bonds is 6. The molecule has 0 N–H and O–H groups in total. The lowest BCUT2D eigenvalue weighted by atomic mass is 9.90. The number of aromatic nitrogens is 2. The van der Waals surface area contributed by atoms with Crippen LogP contribution >= 0.6 is 0 Å². The maximum Gasteiger partial charge on any atom is 0.167 e. The van der Waals surface area contributed by atoms with Crippen molar-refractivity contribution in [2.45, 2.75) is 19.4 Å². The Hall–Kier alpha value is -2.92. The van der Waals surface area contributed by atoms with Gasteiger partial charge in [0.05, 0.1) is 6.20 Å². The van der Waals surface area contributed by atoms with Crippen molar-refractivity contribution in [1.29, 1.82) is 0 Å². The lowest BCUT2D eigenvalue weighted by Crippen LogP contribution is -2.38. The zero-order chi connectivity index (χ0) is 19.3. The van der Waals surface area contributed by atoms with Crippen LogP contribution in [0.5, 0.6) is 11.5 Å². The summed E-state index contributed by atoms with van der Waals surface area (Å²) in [6, 6.07) is 17.2. The molecule has 2 aromatic carbocycles. The SMILES string of the molecule is Cn1cc(CN2CCC[C@H](C(=O)c3ccc(Oc4ccccc4)cc3)C2)cn1. The van der Waals surface area contributed by atoms with Gasteiger partial charge in [-0.2, -0.15) is 5.10 Å². The van der Waals surface area contributed by atoms with E-state index in [0.717, 1.165) is 49.5 Å². The van der Waals surface area contributed by atoms with E-state index in [1.807, 2.05) is 78.7 Å². The van der Waals surface area contributed by atoms with Gasteiger partial charge in [0, 0.05) is 43.4 Å². The van der Waals surface area contributed by atoms with E-state index in [9.17, 15) is 4.79 Å². The zero-order valence-electron chi connectivity index (χ0n) is 16.1. The first kappa shape index (κ1) is 18.4. The van der Waals surface area contributed by atoms with Gasteiger partial charge in [0.2, 0.25) is 0 Å². The molecule has 0 bridgehead atoms. The second-order valence-corrected chi connectivity index (χ2v) is 7.40. The maximum absolute atomic E-state index is 13.0. The van der Waals surface area contributed by atoms with Crippen molar-refractivity contribution < 1.29 is 9.53 Å². The maximum atomic E-state index is 13.0. The summed E-state index contributed by atoms with van der Waals surface area (Å²) in [7, 11) is 1.93. The van der Waals surface area contributed by atoms with Gasteiger partial charge in [-0.05, 0) is 55.8 Å². The van der Waals surface area contributed by atoms with E-state index in [1.165, 1.54) is 5.56 Å². The minimum absolute atomic E-state index is 0.0475. The number of para-hydroxylation sites is 1. The third-order valence-corrected chi connectivity index (χ3v) is 5.16. The standard InChI is InChI=1S/C23H25N3O2/c1-25-15-18(14-24-25)16-26-13-5-6-20(17-26)23(27)19-9-11-22(12-10-19)28-21-7-3-2-4-8-21/h2-4,7-12,14-15,20H,5-6,13,16-17H2,1H3/t20-/m0/s1. The van der Waals surface area contributed by atoms with Crippen LogP contribution in [0.15, 0.2) is 67.0 Å². The van der Waals surface area contributed by atoms with Crippen molar-refractivity contribution in [2.24, 2.45) is 13.0 Å². The van der Waals surface area contributed by atoms with E-state index in [4.69, 9.17) is 4.74 Å². The molecule has 5 nitrogen and oxygen atoms in total. The smallest absolute Gasteiger partial charge is 0.167 e. The molecule has 0 spiro atoms. The fourth-order valence-corrected chi connectivity index (χ4v) is 3.77. The Labute approximate surface area is 165 Å². The Morgan fingerprint density at radius 3 is 2.57 bits per heavy atom. The number of carbonyl (C=O) groups is 1. The summed E-state index contributed by atoms with van der Waals surface area (Å²) < 4.78 is 7.64. The van der Waals surface area contributed by atoms with E-state index in [0.29, 0.717) is 0 Å². The quantitative estimate of drug-likeness (QED) is 0.603. The highest BCUT2D eigenvalue weighted by molar-refractivity contribution is 5.98. The number of nitrogens with zero attached hydrogens (tertiary/aromatic N) is 3. The Bertz CT molecular complexity index is 919. The summed E-state index contributed by atoms with van der Waals surface area (Å²) in [6.45, 7) is 2.68. The van der Waals surface area contributed by atoms with Crippen molar-refractivity contribution in [1.82, 2.24) is 14.7 Å². The predicted octanol–water partition coefficient (Wildman–Crippen LogP) is 4.31. The summed E-state index contributed by atoms with van der Waals surface area (Å²) in [5.41, 5.74) is 1.95. The van der Waals surface area contributed by atoms with Gasteiger partial charge >= 0.3 is 0 Å². The Kier molecular flexibility index (Phi) is 5.53. The molecule has 3 aromatic rings. The van der Waals surface area contributed by atoms with Crippen LogP contribution in [0.3, 0.4) is 0 Å². The largest absolute Gasteiger partial charge is 0.457 e. The molecule has 2 heterocycles. The van der Waals surface area contributed by atoms with E-state index < -0.39 is 0 Å². The first-order chi connectivity index (χ1) is 13.7. The predicted molar refractivity (Wildman–Crippen MR) is 108 cm³/mol. The van der Waals surface area contributed by atoms with Gasteiger partial charge in [0.1, 0.15) is 11.5 Å². The molecule has 5 heteroatoms. The average molecular weight is 375 g/mol. The van der Waals surface area contributed by atoms with Crippen molar-refractivity contribution >= 4 is 5.78 Å². The molecule has 144 valence electrons. The molecule has 0 radical (unpaired) electrons. The summed E-state index contributed by atoms with van der Waals surface area (Å²) in [5.74, 6) is 1.80. The van der Waals surface area contributed by atoms with Crippen molar-refractivity contribution in [2.75, 3.05) is 13.1 Å². The second-order valence-electron chi connectivity index (χ2n) is 7.40. The van der Waals surface area contributed by atoms with Gasteiger partial charge in [-0.3, -0.25) is 14.4 Å². The number of likely N-dealkylation sites (tertiary alicyclic amines) is 1. The van der Waals surface area contributed by atoms with Crippen molar-refractivity contribution in [3.05, 3.63) is 78.1 Å². The molecule has 1 saturated heterocycles. The molecule has 1 aliphatic heterocycles. The van der Waals surface area contributed by atoms with Gasteiger partial charge in [-0.15, -0.1) is 0 Å². The molecular formula is C23H25N3O2. The highest BCUT2D eigenvalue weighted by atomic mass is 16.5. The van der Waals surface area contributed by atoms with Gasteiger partial charge in [0.15, 0.2) is 5.78 Å². The van der Waals surface area contributed by atoms with Crippen LogP contribution in [-0.2, 0) is 13.6 Å². The first-order valence-corrected chi connectivity index (χ1v) is 9.74. The van der Waals surface area contributed by atoms with Gasteiger partial charge in [-0.1, -0.05) is 18.2 Å². The Balaban J connectivity index is 1.37. The van der Waals surface area contributed by atoms with Crippen LogP contribution in [0.4, 0.5) is 0 Å². The summed E-state index contributed by atoms with van der Waals surface area (Å²) in [6.07, 6.45) is 5.93. The summed E-state index contributed by atoms with van der Waals surface area (Å²) in [4.78, 5) is 15.3. The normalized spacial score (nSPS) is 17.4. The molecule has 0 amide bonds. The molecule has 0 aliphatic carbocycles. The molecule has 1 aliphatic rings. The van der Waals surface area contributed by atoms with Crippen LogP contribution in [-0.4, -0.2) is 33.6 Å². The van der Waals surface area contributed by atoms with E-state index in [1.54, 1.807) is 0 Å². The molecule has 1 atom stereocenters. The fourth-order valence-electron chi connectivity index (χ4n) is 3.77. The minimum atomic E-state index is 0.0475. The molecule has 0 saturated carbocycles. The molecule has 4 rings (SSSR count). The number of ketones is 1. The summed E-state index contributed by atoms with van der Waals surface area (Å²) >= 11 is 0. The third-order valence-electron chi connectivity index (χ3n) is 5.16. The second kappa shape index (κ2) is 8.40. The highest BCUT2D eigenvalue weighted by Crippen LogP contribution is 2.25. The summed E-state index contributed by atoms with van der Waals surface area (Å²) in [5, 5.41) is 4.23. The number of hydrogen-bond donors (Lipinski definition) is 0. The third kappa shape index (κ3) is 4.49. The lowest BCUT2D eigenvalue weighted by Gasteiger charge is -2.31. The number of ether oxygens (including phenoxy) is 1.